The van der Waals surface area contributed by atoms with Crippen LogP contribution in [-0.4, -0.2) is 50.5 Å². The summed E-state index contributed by atoms with van der Waals surface area (Å²) in [6.45, 7) is 8.33. The lowest BCUT2D eigenvalue weighted by Crippen LogP contribution is -2.40. The fourth-order valence-electron chi connectivity index (χ4n) is 5.37. The molecule has 0 N–H and O–H groups in total. The summed E-state index contributed by atoms with van der Waals surface area (Å²) < 4.78 is 42.4. The van der Waals surface area contributed by atoms with Crippen molar-refractivity contribution in [2.24, 2.45) is 5.92 Å². The second-order valence-electron chi connectivity index (χ2n) is 10.4. The van der Waals surface area contributed by atoms with E-state index in [1.165, 1.54) is 12.0 Å². The first-order chi connectivity index (χ1) is 17.5. The van der Waals surface area contributed by atoms with Crippen molar-refractivity contribution in [1.82, 2.24) is 4.90 Å². The Morgan fingerprint density at radius 2 is 1.86 bits per heavy atom. The molecule has 1 saturated heterocycles. The highest BCUT2D eigenvalue weighted by Gasteiger charge is 2.48. The van der Waals surface area contributed by atoms with Crippen LogP contribution in [0, 0.1) is 19.8 Å². The van der Waals surface area contributed by atoms with Gasteiger partial charge in [-0.15, -0.1) is 0 Å². The number of amides is 1. The summed E-state index contributed by atoms with van der Waals surface area (Å²) in [5.74, 6) is 0.678. The van der Waals surface area contributed by atoms with Gasteiger partial charge in [0, 0.05) is 6.04 Å². The molecule has 2 aliphatic rings. The van der Waals surface area contributed by atoms with E-state index in [2.05, 4.69) is 0 Å². The van der Waals surface area contributed by atoms with Crippen LogP contribution in [0.4, 0.5) is 0 Å². The Bertz CT molecular complexity index is 1570. The molecule has 37 heavy (non-hydrogen) atoms. The maximum atomic E-state index is 13.9. The van der Waals surface area contributed by atoms with Gasteiger partial charge in [0.05, 0.1) is 42.2 Å². The molecule has 0 spiro atoms. The number of hydrogen-bond acceptors (Lipinski definition) is 7. The second-order valence-corrected chi connectivity index (χ2v) is 12.6. The summed E-state index contributed by atoms with van der Waals surface area (Å²) in [7, 11) is -1.76. The minimum atomic E-state index is -3.29. The Hall–Kier alpha value is -3.33. The zero-order valence-electron chi connectivity index (χ0n) is 21.7. The van der Waals surface area contributed by atoms with E-state index in [0.29, 0.717) is 47.0 Å². The van der Waals surface area contributed by atoms with Crippen molar-refractivity contribution >= 4 is 26.7 Å². The van der Waals surface area contributed by atoms with Crippen LogP contribution in [0.5, 0.6) is 11.5 Å². The number of carbonyl (C=O) groups is 1. The summed E-state index contributed by atoms with van der Waals surface area (Å²) in [6, 6.07) is 7.60. The molecule has 5 rings (SSSR count). The largest absolute Gasteiger partial charge is 0.493 e. The molecule has 3 aromatic rings. The van der Waals surface area contributed by atoms with E-state index in [4.69, 9.17) is 13.9 Å². The van der Waals surface area contributed by atoms with E-state index in [-0.39, 0.29) is 28.3 Å². The Labute approximate surface area is 216 Å². The van der Waals surface area contributed by atoms with Crippen LogP contribution in [0.25, 0.3) is 11.0 Å². The smallest absolute Gasteiger partial charge is 0.291 e. The average molecular weight is 526 g/mol. The van der Waals surface area contributed by atoms with Crippen LogP contribution in [0.3, 0.4) is 0 Å². The molecule has 1 fully saturated rings. The van der Waals surface area contributed by atoms with E-state index >= 15 is 0 Å². The molecule has 2 aliphatic heterocycles. The van der Waals surface area contributed by atoms with Gasteiger partial charge in [-0.3, -0.25) is 9.59 Å². The lowest BCUT2D eigenvalue weighted by Gasteiger charge is -2.30. The predicted molar refractivity (Wildman–Crippen MR) is 140 cm³/mol. The molecule has 0 aliphatic carbocycles. The highest BCUT2D eigenvalue weighted by molar-refractivity contribution is 7.91. The number of methoxy groups -OCH3 is 1. The van der Waals surface area contributed by atoms with E-state index in [9.17, 15) is 18.0 Å². The second kappa shape index (κ2) is 9.20. The van der Waals surface area contributed by atoms with Gasteiger partial charge in [-0.1, -0.05) is 26.0 Å². The van der Waals surface area contributed by atoms with Gasteiger partial charge in [0.15, 0.2) is 26.8 Å². The molecular formula is C28H31NO7S. The summed E-state index contributed by atoms with van der Waals surface area (Å²) in [4.78, 5) is 29.2. The molecule has 2 unspecified atom stereocenters. The highest BCUT2D eigenvalue weighted by atomic mass is 32.2. The maximum Gasteiger partial charge on any atom is 0.291 e. The molecule has 0 radical (unpaired) electrons. The standard InChI is InChI=1S/C28H31NO7S/c1-15(2)13-35-21-7-6-18(12-22(21)34-5)24-23-25(30)20-11-16(3)10-17(4)26(20)36-27(23)28(31)29(24)19-8-9-37(32,33)14-19/h6-7,10-12,15,19,24H,8-9,13-14H2,1-5H3. The number of hydrogen-bond donors (Lipinski definition) is 0. The van der Waals surface area contributed by atoms with Crippen molar-refractivity contribution in [3.05, 3.63) is 68.6 Å². The summed E-state index contributed by atoms with van der Waals surface area (Å²) in [6.07, 6.45) is 0.303. The van der Waals surface area contributed by atoms with Crippen molar-refractivity contribution in [2.75, 3.05) is 25.2 Å². The lowest BCUT2D eigenvalue weighted by atomic mass is 9.96. The number of carbonyl (C=O) groups excluding carboxylic acids is 1. The van der Waals surface area contributed by atoms with Crippen LogP contribution in [0.2, 0.25) is 0 Å². The molecule has 196 valence electrons. The number of fused-ring (bicyclic) bond motifs is 2. The van der Waals surface area contributed by atoms with E-state index in [1.807, 2.05) is 33.8 Å². The SMILES string of the molecule is COc1cc(C2c3c(oc4c(C)cc(C)cc4c3=O)C(=O)N2C2CCS(=O)(=O)C2)ccc1OCC(C)C. The monoisotopic (exact) mass is 525 g/mol. The molecule has 0 bridgehead atoms. The highest BCUT2D eigenvalue weighted by Crippen LogP contribution is 2.43. The van der Waals surface area contributed by atoms with Gasteiger partial charge >= 0.3 is 0 Å². The van der Waals surface area contributed by atoms with Gasteiger partial charge < -0.3 is 18.8 Å². The Kier molecular flexibility index (Phi) is 6.30. The summed E-state index contributed by atoms with van der Waals surface area (Å²) in [5, 5.41) is 0.402. The minimum Gasteiger partial charge on any atom is -0.493 e. The van der Waals surface area contributed by atoms with Gasteiger partial charge in [0.1, 0.15) is 5.58 Å². The first kappa shape index (κ1) is 25.3. The third-order valence-corrected chi connectivity index (χ3v) is 8.77. The van der Waals surface area contributed by atoms with Crippen LogP contribution < -0.4 is 14.9 Å². The Morgan fingerprint density at radius 1 is 1.11 bits per heavy atom. The van der Waals surface area contributed by atoms with Crippen molar-refractivity contribution in [1.29, 1.82) is 0 Å². The zero-order chi connectivity index (χ0) is 26.6. The van der Waals surface area contributed by atoms with E-state index in [0.717, 1.165) is 11.1 Å². The molecule has 2 aromatic carbocycles. The number of ether oxygens (including phenoxy) is 2. The Balaban J connectivity index is 1.72. The third-order valence-electron chi connectivity index (χ3n) is 7.01. The normalized spacial score (nSPS) is 20.6. The molecule has 8 nitrogen and oxygen atoms in total. The number of aryl methyl sites for hydroxylation is 2. The van der Waals surface area contributed by atoms with Crippen LogP contribution in [0.15, 0.2) is 39.5 Å². The average Bonchev–Trinajstić information content (AvgIpc) is 3.34. The van der Waals surface area contributed by atoms with Gasteiger partial charge in [0.25, 0.3) is 5.91 Å². The third kappa shape index (κ3) is 4.39. The molecule has 1 amide bonds. The number of nitrogens with zero attached hydrogens (tertiary/aromatic N) is 1. The van der Waals surface area contributed by atoms with E-state index < -0.39 is 27.8 Å². The first-order valence-electron chi connectivity index (χ1n) is 12.4. The lowest BCUT2D eigenvalue weighted by molar-refractivity contribution is 0.0662. The fraction of sp³-hybridized carbons (Fsp3) is 0.429. The van der Waals surface area contributed by atoms with Crippen molar-refractivity contribution in [3.8, 4) is 11.5 Å². The number of sulfone groups is 1. The molecular weight excluding hydrogens is 494 g/mol. The Morgan fingerprint density at radius 3 is 2.51 bits per heavy atom. The quantitative estimate of drug-likeness (QED) is 0.476. The molecule has 2 atom stereocenters. The summed E-state index contributed by atoms with van der Waals surface area (Å²) in [5.41, 5.74) is 2.60. The predicted octanol–water partition coefficient (Wildman–Crippen LogP) is 4.19. The van der Waals surface area contributed by atoms with Gasteiger partial charge in [-0.25, -0.2) is 8.42 Å². The van der Waals surface area contributed by atoms with Gasteiger partial charge in [0.2, 0.25) is 5.76 Å². The van der Waals surface area contributed by atoms with Crippen molar-refractivity contribution in [2.45, 2.75) is 46.2 Å². The molecule has 1 aromatic heterocycles. The zero-order valence-corrected chi connectivity index (χ0v) is 22.5. The molecule has 9 heteroatoms. The van der Waals surface area contributed by atoms with Crippen molar-refractivity contribution in [3.63, 3.8) is 0 Å². The van der Waals surface area contributed by atoms with Crippen molar-refractivity contribution < 1.29 is 27.1 Å². The van der Waals surface area contributed by atoms with Gasteiger partial charge in [-0.2, -0.15) is 0 Å². The van der Waals surface area contributed by atoms with Crippen LogP contribution >= 0.6 is 0 Å². The van der Waals surface area contributed by atoms with Crippen LogP contribution in [0.1, 0.15) is 59.1 Å². The first-order valence-corrected chi connectivity index (χ1v) is 14.2. The fourth-order valence-corrected chi connectivity index (χ4v) is 7.08. The number of rotatable bonds is 6. The molecule has 3 heterocycles. The topological polar surface area (TPSA) is 103 Å². The summed E-state index contributed by atoms with van der Waals surface area (Å²) >= 11 is 0. The van der Waals surface area contributed by atoms with Crippen LogP contribution in [-0.2, 0) is 9.84 Å². The minimum absolute atomic E-state index is 0.00251. The number of benzene rings is 2. The molecule has 0 saturated carbocycles. The maximum absolute atomic E-state index is 13.9. The van der Waals surface area contributed by atoms with Gasteiger partial charge in [-0.05, 0) is 61.1 Å². The van der Waals surface area contributed by atoms with E-state index in [1.54, 1.807) is 24.3 Å².